The molecule has 0 spiro atoms. The Morgan fingerprint density at radius 2 is 1.95 bits per heavy atom. The highest BCUT2D eigenvalue weighted by Crippen LogP contribution is 2.48. The summed E-state index contributed by atoms with van der Waals surface area (Å²) in [5.41, 5.74) is 4.19. The van der Waals surface area contributed by atoms with Gasteiger partial charge in [0.05, 0.1) is 35.4 Å². The van der Waals surface area contributed by atoms with Crippen molar-refractivity contribution in [1.82, 2.24) is 14.5 Å². The number of benzene rings is 2. The minimum atomic E-state index is -4.81. The van der Waals surface area contributed by atoms with E-state index in [1.54, 1.807) is 4.90 Å². The van der Waals surface area contributed by atoms with Gasteiger partial charge in [-0.2, -0.15) is 18.2 Å². The number of anilines is 1. The second-order valence-corrected chi connectivity index (χ2v) is 12.2. The third kappa shape index (κ3) is 6.03. The standard InChI is InChI=1S/C29H32ClF4N5O3S/c1-4-23(40)39-15(2)11-37(12-16(39)3)27-19-10-20(29(32,33)34)24(17-5-6-22(31)21(30)9-17)26-25(19)38(28(41)36-27)13-18(14-43-26)42-8-7-35/h4-6,9-10,15-16,18,23,40H,1,7-8,11-14,35H2,2-3H3/t15-,16+,18?,23?. The van der Waals surface area contributed by atoms with Crippen LogP contribution >= 0.6 is 23.4 Å². The topological polar surface area (TPSA) is 96.8 Å². The fourth-order valence-electron chi connectivity index (χ4n) is 6.03. The summed E-state index contributed by atoms with van der Waals surface area (Å²) in [6, 6.07) is 3.98. The van der Waals surface area contributed by atoms with E-state index in [2.05, 4.69) is 11.6 Å². The molecule has 43 heavy (non-hydrogen) atoms. The molecule has 8 nitrogen and oxygen atoms in total. The van der Waals surface area contributed by atoms with Crippen molar-refractivity contribution in [3.63, 3.8) is 0 Å². The average molecular weight is 642 g/mol. The highest BCUT2D eigenvalue weighted by molar-refractivity contribution is 7.99. The van der Waals surface area contributed by atoms with Crippen LogP contribution in [0.3, 0.4) is 0 Å². The van der Waals surface area contributed by atoms with Crippen molar-refractivity contribution in [2.45, 2.75) is 55.9 Å². The number of hydrogen-bond donors (Lipinski definition) is 2. The van der Waals surface area contributed by atoms with Gasteiger partial charge in [-0.25, -0.2) is 9.18 Å². The van der Waals surface area contributed by atoms with Gasteiger partial charge in [-0.05, 0) is 43.7 Å². The van der Waals surface area contributed by atoms with Gasteiger partial charge in [-0.15, -0.1) is 11.8 Å². The number of nitrogens with two attached hydrogens (primary N) is 1. The number of thioether (sulfide) groups is 1. The second kappa shape index (κ2) is 12.4. The monoisotopic (exact) mass is 641 g/mol. The number of piperazine rings is 1. The minimum Gasteiger partial charge on any atom is -0.375 e. The van der Waals surface area contributed by atoms with E-state index < -0.39 is 35.6 Å². The largest absolute Gasteiger partial charge is 0.417 e. The smallest absolute Gasteiger partial charge is 0.375 e. The van der Waals surface area contributed by atoms with Crippen LogP contribution in [0.1, 0.15) is 19.4 Å². The number of aliphatic hydroxyl groups is 1. The summed E-state index contributed by atoms with van der Waals surface area (Å²) in [5.74, 6) is -0.401. The molecule has 3 N–H and O–H groups in total. The Morgan fingerprint density at radius 1 is 1.26 bits per heavy atom. The summed E-state index contributed by atoms with van der Waals surface area (Å²) in [7, 11) is 0. The van der Waals surface area contributed by atoms with Crippen molar-refractivity contribution >= 4 is 40.1 Å². The summed E-state index contributed by atoms with van der Waals surface area (Å²) in [5, 5.41) is 10.3. The Kier molecular flexibility index (Phi) is 9.13. The van der Waals surface area contributed by atoms with Crippen molar-refractivity contribution in [3.8, 4) is 11.1 Å². The molecule has 0 amide bonds. The quantitative estimate of drug-likeness (QED) is 0.283. The highest BCUT2D eigenvalue weighted by atomic mass is 35.5. The summed E-state index contributed by atoms with van der Waals surface area (Å²) >= 11 is 7.16. The molecule has 14 heteroatoms. The fraction of sp³-hybridized carbons (Fsp3) is 0.448. The van der Waals surface area contributed by atoms with Gasteiger partial charge in [0.15, 0.2) is 0 Å². The van der Waals surface area contributed by atoms with Crippen LogP contribution in [0.4, 0.5) is 23.4 Å². The van der Waals surface area contributed by atoms with E-state index in [9.17, 15) is 27.5 Å². The van der Waals surface area contributed by atoms with Gasteiger partial charge in [0.2, 0.25) is 0 Å². The molecule has 1 fully saturated rings. The van der Waals surface area contributed by atoms with Gasteiger partial charge >= 0.3 is 11.9 Å². The molecule has 0 bridgehead atoms. The number of nitrogens with zero attached hydrogens (tertiary/aromatic N) is 4. The number of aliphatic hydroxyl groups excluding tert-OH is 1. The molecule has 0 saturated carbocycles. The first kappa shape index (κ1) is 31.7. The molecule has 2 aromatic carbocycles. The lowest BCUT2D eigenvalue weighted by atomic mass is 9.96. The molecule has 1 aromatic heterocycles. The summed E-state index contributed by atoms with van der Waals surface area (Å²) in [6.45, 7) is 8.51. The van der Waals surface area contributed by atoms with E-state index in [1.165, 1.54) is 16.7 Å². The predicted molar refractivity (Wildman–Crippen MR) is 160 cm³/mol. The maximum absolute atomic E-state index is 14.9. The first-order valence-electron chi connectivity index (χ1n) is 13.8. The van der Waals surface area contributed by atoms with E-state index in [0.29, 0.717) is 13.1 Å². The molecular formula is C29H32ClF4N5O3S. The molecule has 4 atom stereocenters. The Bertz CT molecular complexity index is 1590. The van der Waals surface area contributed by atoms with E-state index in [-0.39, 0.29) is 75.3 Å². The van der Waals surface area contributed by atoms with Crippen LogP contribution < -0.4 is 16.3 Å². The van der Waals surface area contributed by atoms with Gasteiger partial charge in [-0.1, -0.05) is 24.2 Å². The normalized spacial score (nSPS) is 22.1. The van der Waals surface area contributed by atoms with Crippen molar-refractivity contribution in [2.24, 2.45) is 5.73 Å². The number of aromatic nitrogens is 2. The molecule has 0 aliphatic carbocycles. The van der Waals surface area contributed by atoms with Crippen molar-refractivity contribution in [3.05, 3.63) is 63.8 Å². The second-order valence-electron chi connectivity index (χ2n) is 10.8. The zero-order chi connectivity index (χ0) is 31.2. The Hall–Kier alpha value is -2.68. The van der Waals surface area contributed by atoms with Crippen LogP contribution in [0, 0.1) is 5.82 Å². The van der Waals surface area contributed by atoms with Gasteiger partial charge < -0.3 is 20.5 Å². The van der Waals surface area contributed by atoms with Crippen LogP contribution in [0.25, 0.3) is 22.0 Å². The number of ether oxygens (including phenoxy) is 1. The Morgan fingerprint density at radius 3 is 2.56 bits per heavy atom. The molecule has 2 aliphatic rings. The average Bonchev–Trinajstić information content (AvgIpc) is 3.14. The molecule has 1 saturated heterocycles. The first-order chi connectivity index (χ1) is 20.3. The molecule has 232 valence electrons. The summed E-state index contributed by atoms with van der Waals surface area (Å²) in [4.78, 5) is 21.9. The zero-order valence-electron chi connectivity index (χ0n) is 23.6. The Balaban J connectivity index is 1.80. The molecular weight excluding hydrogens is 610 g/mol. The molecule has 2 aliphatic heterocycles. The number of hydrogen-bond acceptors (Lipinski definition) is 8. The molecule has 0 radical (unpaired) electrons. The number of halogens is 5. The lowest BCUT2D eigenvalue weighted by molar-refractivity contribution is -0.137. The van der Waals surface area contributed by atoms with Crippen molar-refractivity contribution in [2.75, 3.05) is 36.9 Å². The maximum Gasteiger partial charge on any atom is 0.417 e. The molecule has 3 aromatic rings. The SMILES string of the molecule is C=CC(O)N1[C@H](C)CN(c2nc(=O)n3c4c(c(-c5ccc(F)c(Cl)c5)c(C(F)(F)F)cc24)SCC(OCCN)C3)C[C@@H]1C. The third-order valence-corrected chi connectivity index (χ3v) is 9.30. The number of alkyl halides is 3. The fourth-order valence-corrected chi connectivity index (χ4v) is 7.49. The number of rotatable bonds is 7. The van der Waals surface area contributed by atoms with Gasteiger partial charge in [0.25, 0.3) is 0 Å². The highest BCUT2D eigenvalue weighted by Gasteiger charge is 2.40. The minimum absolute atomic E-state index is 0.0592. The van der Waals surface area contributed by atoms with E-state index in [4.69, 9.17) is 22.1 Å². The molecule has 3 heterocycles. The van der Waals surface area contributed by atoms with Crippen LogP contribution in [-0.2, 0) is 17.5 Å². The van der Waals surface area contributed by atoms with Crippen LogP contribution in [0.2, 0.25) is 5.02 Å². The van der Waals surface area contributed by atoms with E-state index >= 15 is 0 Å². The van der Waals surface area contributed by atoms with Gasteiger partial charge in [0, 0.05) is 53.3 Å². The van der Waals surface area contributed by atoms with Crippen molar-refractivity contribution in [1.29, 1.82) is 0 Å². The Labute approximate surface area is 255 Å². The molecule has 2 unspecified atom stereocenters. The van der Waals surface area contributed by atoms with E-state index in [0.717, 1.165) is 30.0 Å². The van der Waals surface area contributed by atoms with Crippen LogP contribution in [-0.4, -0.2) is 76.0 Å². The lowest BCUT2D eigenvalue weighted by Crippen LogP contribution is -2.60. The first-order valence-corrected chi connectivity index (χ1v) is 15.1. The molecule has 5 rings (SSSR count). The zero-order valence-corrected chi connectivity index (χ0v) is 25.1. The van der Waals surface area contributed by atoms with Gasteiger partial charge in [-0.3, -0.25) is 9.47 Å². The maximum atomic E-state index is 14.9. The predicted octanol–water partition coefficient (Wildman–Crippen LogP) is 4.73. The summed E-state index contributed by atoms with van der Waals surface area (Å²) in [6.07, 6.45) is -4.83. The van der Waals surface area contributed by atoms with Crippen LogP contribution in [0.5, 0.6) is 0 Å². The van der Waals surface area contributed by atoms with E-state index in [1.807, 2.05) is 18.7 Å². The third-order valence-electron chi connectivity index (χ3n) is 7.79. The van der Waals surface area contributed by atoms with Crippen LogP contribution in [0.15, 0.2) is 46.6 Å². The lowest BCUT2D eigenvalue weighted by Gasteiger charge is -2.46. The van der Waals surface area contributed by atoms with Crippen molar-refractivity contribution < 1.29 is 27.4 Å². The van der Waals surface area contributed by atoms with Gasteiger partial charge in [0.1, 0.15) is 17.9 Å². The summed E-state index contributed by atoms with van der Waals surface area (Å²) < 4.78 is 65.9.